The van der Waals surface area contributed by atoms with Gasteiger partial charge < -0.3 is 15.3 Å². The number of carbonyl (C=O) groups is 1. The lowest BCUT2D eigenvalue weighted by atomic mass is 10.2. The standard InChI is InChI=1S/C14H12N4O4S/c19-10-2-1-8(12(21)13(10)22)6-15-17-11(20)5-9-7-18-3-4-23-14(18)16-9/h1-4,6-7,19,21-22H,5H2,(H,17,20). The van der Waals surface area contributed by atoms with Gasteiger partial charge in [0.05, 0.1) is 18.3 Å². The van der Waals surface area contributed by atoms with E-state index in [0.717, 1.165) is 11.2 Å². The molecule has 1 amide bonds. The van der Waals surface area contributed by atoms with Crippen LogP contribution in [0.15, 0.2) is 35.0 Å². The van der Waals surface area contributed by atoms with Crippen molar-refractivity contribution in [1.29, 1.82) is 0 Å². The predicted octanol–water partition coefficient (Wildman–Crippen LogP) is 1.21. The zero-order valence-corrected chi connectivity index (χ0v) is 12.5. The van der Waals surface area contributed by atoms with Gasteiger partial charge in [0.15, 0.2) is 16.5 Å². The Morgan fingerprint density at radius 2 is 2.17 bits per heavy atom. The number of benzene rings is 1. The van der Waals surface area contributed by atoms with E-state index in [0.29, 0.717) is 5.69 Å². The molecular formula is C14H12N4O4S. The number of hydrogen-bond donors (Lipinski definition) is 4. The van der Waals surface area contributed by atoms with Crippen LogP contribution in [0.25, 0.3) is 4.96 Å². The molecule has 0 aliphatic carbocycles. The van der Waals surface area contributed by atoms with Gasteiger partial charge in [-0.05, 0) is 12.1 Å². The summed E-state index contributed by atoms with van der Waals surface area (Å²) in [6.07, 6.45) is 4.85. The molecule has 0 bridgehead atoms. The molecule has 0 radical (unpaired) electrons. The highest BCUT2D eigenvalue weighted by Gasteiger charge is 2.10. The molecule has 4 N–H and O–H groups in total. The first-order chi connectivity index (χ1) is 11.0. The van der Waals surface area contributed by atoms with Crippen LogP contribution in [0.3, 0.4) is 0 Å². The van der Waals surface area contributed by atoms with E-state index in [1.807, 2.05) is 16.0 Å². The van der Waals surface area contributed by atoms with Crippen molar-refractivity contribution >= 4 is 28.4 Å². The SMILES string of the molecule is O=C(Cc1cn2ccsc2n1)NN=Cc1ccc(O)c(O)c1O. The number of hydrogen-bond acceptors (Lipinski definition) is 7. The van der Waals surface area contributed by atoms with E-state index in [4.69, 9.17) is 0 Å². The molecule has 0 saturated heterocycles. The van der Waals surface area contributed by atoms with Crippen molar-refractivity contribution in [2.75, 3.05) is 0 Å². The lowest BCUT2D eigenvalue weighted by molar-refractivity contribution is -0.120. The van der Waals surface area contributed by atoms with Crippen molar-refractivity contribution < 1.29 is 20.1 Å². The normalized spacial score (nSPS) is 11.3. The molecule has 0 atom stereocenters. The van der Waals surface area contributed by atoms with Crippen molar-refractivity contribution in [1.82, 2.24) is 14.8 Å². The van der Waals surface area contributed by atoms with Crippen LogP contribution >= 0.6 is 11.3 Å². The van der Waals surface area contributed by atoms with Crippen molar-refractivity contribution in [3.63, 3.8) is 0 Å². The maximum atomic E-state index is 11.8. The van der Waals surface area contributed by atoms with Crippen LogP contribution in [0, 0.1) is 0 Å². The Morgan fingerprint density at radius 3 is 2.96 bits per heavy atom. The summed E-state index contributed by atoms with van der Waals surface area (Å²) in [4.78, 5) is 16.9. The third kappa shape index (κ3) is 3.09. The fraction of sp³-hybridized carbons (Fsp3) is 0.0714. The maximum Gasteiger partial charge on any atom is 0.246 e. The molecule has 2 heterocycles. The van der Waals surface area contributed by atoms with Gasteiger partial charge in [0.25, 0.3) is 0 Å². The fourth-order valence-corrected chi connectivity index (χ4v) is 2.65. The highest BCUT2D eigenvalue weighted by Crippen LogP contribution is 2.36. The predicted molar refractivity (Wildman–Crippen MR) is 83.9 cm³/mol. The lowest BCUT2D eigenvalue weighted by Crippen LogP contribution is -2.19. The summed E-state index contributed by atoms with van der Waals surface area (Å²) in [5, 5.41) is 33.8. The summed E-state index contributed by atoms with van der Waals surface area (Å²) < 4.78 is 1.83. The number of fused-ring (bicyclic) bond motifs is 1. The van der Waals surface area contributed by atoms with Gasteiger partial charge in [-0.25, -0.2) is 10.4 Å². The summed E-state index contributed by atoms with van der Waals surface area (Å²) >= 11 is 1.47. The van der Waals surface area contributed by atoms with Crippen molar-refractivity contribution in [2.45, 2.75) is 6.42 Å². The van der Waals surface area contributed by atoms with Crippen LogP contribution in [-0.4, -0.2) is 36.8 Å². The monoisotopic (exact) mass is 332 g/mol. The summed E-state index contributed by atoms with van der Waals surface area (Å²) in [6, 6.07) is 2.56. The third-order valence-corrected chi connectivity index (χ3v) is 3.81. The third-order valence-electron chi connectivity index (χ3n) is 3.04. The van der Waals surface area contributed by atoms with Crippen LogP contribution in [0.2, 0.25) is 0 Å². The molecule has 118 valence electrons. The highest BCUT2D eigenvalue weighted by molar-refractivity contribution is 7.15. The van der Waals surface area contributed by atoms with Gasteiger partial charge in [-0.15, -0.1) is 11.3 Å². The van der Waals surface area contributed by atoms with E-state index in [-0.39, 0.29) is 17.9 Å². The minimum absolute atomic E-state index is 0.0680. The van der Waals surface area contributed by atoms with Gasteiger partial charge in [0.1, 0.15) is 0 Å². The van der Waals surface area contributed by atoms with Crippen molar-refractivity contribution in [3.8, 4) is 17.2 Å². The first kappa shape index (κ1) is 14.9. The largest absolute Gasteiger partial charge is 0.504 e. The average Bonchev–Trinajstić information content (AvgIpc) is 3.08. The number of aromatic hydroxyl groups is 3. The molecule has 3 aromatic rings. The molecule has 0 spiro atoms. The fourth-order valence-electron chi connectivity index (χ4n) is 1.93. The number of aromatic nitrogens is 2. The summed E-state index contributed by atoms with van der Waals surface area (Å²) in [7, 11) is 0. The number of carbonyl (C=O) groups excluding carboxylic acids is 1. The van der Waals surface area contributed by atoms with Gasteiger partial charge >= 0.3 is 0 Å². The molecule has 8 nitrogen and oxygen atoms in total. The molecule has 3 rings (SSSR count). The molecule has 0 fully saturated rings. The van der Waals surface area contributed by atoms with Crippen molar-refractivity contribution in [3.05, 3.63) is 41.2 Å². The summed E-state index contributed by atoms with van der Waals surface area (Å²) in [5.74, 6) is -1.96. The molecule has 0 aliphatic heterocycles. The van der Waals surface area contributed by atoms with E-state index in [1.165, 1.54) is 23.5 Å². The topological polar surface area (TPSA) is 119 Å². The van der Waals surface area contributed by atoms with Gasteiger partial charge in [0, 0.05) is 23.3 Å². The van der Waals surface area contributed by atoms with E-state index in [1.54, 1.807) is 6.20 Å². The van der Waals surface area contributed by atoms with Crippen LogP contribution < -0.4 is 5.43 Å². The minimum atomic E-state index is -0.640. The van der Waals surface area contributed by atoms with Gasteiger partial charge in [0.2, 0.25) is 11.7 Å². The van der Waals surface area contributed by atoms with Crippen LogP contribution in [0.4, 0.5) is 0 Å². The minimum Gasteiger partial charge on any atom is -0.504 e. The smallest absolute Gasteiger partial charge is 0.246 e. The quantitative estimate of drug-likeness (QED) is 0.325. The molecule has 1 aromatic carbocycles. The Kier molecular flexibility index (Phi) is 3.85. The number of amides is 1. The van der Waals surface area contributed by atoms with Gasteiger partial charge in [-0.2, -0.15) is 5.10 Å². The van der Waals surface area contributed by atoms with E-state index < -0.39 is 17.2 Å². The van der Waals surface area contributed by atoms with Crippen LogP contribution in [0.1, 0.15) is 11.3 Å². The van der Waals surface area contributed by atoms with Gasteiger partial charge in [-0.1, -0.05) is 0 Å². The Hall–Kier alpha value is -3.07. The number of nitrogens with zero attached hydrogens (tertiary/aromatic N) is 3. The summed E-state index contributed by atoms with van der Waals surface area (Å²) in [6.45, 7) is 0. The Labute approximate surface area is 134 Å². The molecule has 0 saturated carbocycles. The molecule has 0 aliphatic rings. The Morgan fingerprint density at radius 1 is 1.35 bits per heavy atom. The van der Waals surface area contributed by atoms with Crippen LogP contribution in [0.5, 0.6) is 17.2 Å². The second-order valence-electron chi connectivity index (χ2n) is 4.67. The first-order valence-corrected chi connectivity index (χ1v) is 7.39. The number of hydrazone groups is 1. The summed E-state index contributed by atoms with van der Waals surface area (Å²) in [5.41, 5.74) is 3.08. The van der Waals surface area contributed by atoms with Crippen LogP contribution in [-0.2, 0) is 11.2 Å². The molecule has 2 aromatic heterocycles. The Bertz CT molecular complexity index is 871. The number of thiazole rings is 1. The molecule has 23 heavy (non-hydrogen) atoms. The number of nitrogens with one attached hydrogen (secondary N) is 1. The second-order valence-corrected chi connectivity index (χ2v) is 5.54. The lowest BCUT2D eigenvalue weighted by Gasteiger charge is -2.03. The first-order valence-electron chi connectivity index (χ1n) is 6.51. The number of phenolic OH excluding ortho intramolecular Hbond substituents is 3. The van der Waals surface area contributed by atoms with E-state index >= 15 is 0 Å². The number of imidazole rings is 1. The zero-order chi connectivity index (χ0) is 16.4. The second kappa shape index (κ2) is 5.97. The average molecular weight is 332 g/mol. The number of phenols is 3. The Balaban J connectivity index is 1.62. The maximum absolute atomic E-state index is 11.8. The molecule has 9 heteroatoms. The number of rotatable bonds is 4. The van der Waals surface area contributed by atoms with E-state index in [2.05, 4.69) is 15.5 Å². The van der Waals surface area contributed by atoms with E-state index in [9.17, 15) is 20.1 Å². The highest BCUT2D eigenvalue weighted by atomic mass is 32.1. The van der Waals surface area contributed by atoms with Crippen molar-refractivity contribution in [2.24, 2.45) is 5.10 Å². The molecule has 0 unspecified atom stereocenters. The molecular weight excluding hydrogens is 320 g/mol. The zero-order valence-electron chi connectivity index (χ0n) is 11.7. The van der Waals surface area contributed by atoms with Gasteiger partial charge in [-0.3, -0.25) is 9.20 Å².